The highest BCUT2D eigenvalue weighted by molar-refractivity contribution is 5.92. The number of rotatable bonds is 20. The molecule has 0 N–H and O–H groups in total. The summed E-state index contributed by atoms with van der Waals surface area (Å²) in [5.41, 5.74) is 0.549. The highest BCUT2D eigenvalue weighted by Gasteiger charge is 2.19. The van der Waals surface area contributed by atoms with E-state index in [1.165, 1.54) is 0 Å². The maximum absolute atomic E-state index is 12.7. The van der Waals surface area contributed by atoms with Crippen molar-refractivity contribution >= 4 is 23.9 Å². The molecular weight excluding hydrogens is 628 g/mol. The van der Waals surface area contributed by atoms with Crippen LogP contribution in [0, 0.1) is 11.3 Å². The van der Waals surface area contributed by atoms with Gasteiger partial charge in [0.25, 0.3) is 0 Å². The Hall–Kier alpha value is -5.38. The zero-order chi connectivity index (χ0) is 35.6. The third-order valence-electron chi connectivity index (χ3n) is 7.25. The average Bonchev–Trinajstić information content (AvgIpc) is 3.11. The van der Waals surface area contributed by atoms with Gasteiger partial charge in [-0.3, -0.25) is 0 Å². The third-order valence-corrected chi connectivity index (χ3v) is 7.25. The molecule has 1 unspecified atom stereocenters. The Morgan fingerprint density at radius 1 is 0.653 bits per heavy atom. The zero-order valence-electron chi connectivity index (χ0n) is 28.3. The summed E-state index contributed by atoms with van der Waals surface area (Å²) in [6.07, 6.45) is 5.34. The Kier molecular flexibility index (Phi) is 15.1. The summed E-state index contributed by atoms with van der Waals surface area (Å²) in [4.78, 5) is 47.6. The largest absolute Gasteiger partial charge is 0.493 e. The number of carbonyl (C=O) groups excluding carboxylic acids is 4. The minimum atomic E-state index is -0.545. The van der Waals surface area contributed by atoms with E-state index < -0.39 is 23.9 Å². The van der Waals surface area contributed by atoms with Gasteiger partial charge in [-0.05, 0) is 110 Å². The van der Waals surface area contributed by atoms with Crippen LogP contribution in [0.2, 0.25) is 0 Å². The second-order valence-electron chi connectivity index (χ2n) is 12.2. The zero-order valence-corrected chi connectivity index (χ0v) is 28.3. The lowest BCUT2D eigenvalue weighted by Crippen LogP contribution is -2.22. The Balaban J connectivity index is 1.39. The van der Waals surface area contributed by atoms with Gasteiger partial charge in [0.05, 0.1) is 37.6 Å². The van der Waals surface area contributed by atoms with Crippen LogP contribution >= 0.6 is 0 Å². The molecule has 0 aromatic heterocycles. The Morgan fingerprint density at radius 3 is 1.55 bits per heavy atom. The number of benzene rings is 3. The van der Waals surface area contributed by atoms with Gasteiger partial charge in [0, 0.05) is 12.2 Å². The Morgan fingerprint density at radius 2 is 1.08 bits per heavy atom. The number of hydrogen-bond donors (Lipinski definition) is 0. The molecule has 0 bridgehead atoms. The van der Waals surface area contributed by atoms with Crippen molar-refractivity contribution in [1.29, 1.82) is 0 Å². The van der Waals surface area contributed by atoms with E-state index in [4.69, 9.17) is 28.4 Å². The predicted molar refractivity (Wildman–Crippen MR) is 184 cm³/mol. The van der Waals surface area contributed by atoms with E-state index in [0.29, 0.717) is 67.0 Å². The lowest BCUT2D eigenvalue weighted by Gasteiger charge is -2.24. The first-order valence-corrected chi connectivity index (χ1v) is 16.1. The van der Waals surface area contributed by atoms with Crippen LogP contribution in [0.15, 0.2) is 98.1 Å². The van der Waals surface area contributed by atoms with Crippen molar-refractivity contribution in [2.75, 3.05) is 26.4 Å². The van der Waals surface area contributed by atoms with Crippen molar-refractivity contribution in [2.24, 2.45) is 11.3 Å². The smallest absolute Gasteiger partial charge is 0.343 e. The Labute approximate surface area is 287 Å². The van der Waals surface area contributed by atoms with Crippen LogP contribution in [-0.4, -0.2) is 50.3 Å². The highest BCUT2D eigenvalue weighted by atomic mass is 16.5. The first-order chi connectivity index (χ1) is 23.5. The van der Waals surface area contributed by atoms with Crippen molar-refractivity contribution in [3.63, 3.8) is 0 Å². The Bertz CT molecular complexity index is 1540. The molecule has 10 nitrogen and oxygen atoms in total. The minimum absolute atomic E-state index is 0.148. The second-order valence-corrected chi connectivity index (χ2v) is 12.2. The predicted octanol–water partition coefficient (Wildman–Crippen LogP) is 7.56. The van der Waals surface area contributed by atoms with Crippen LogP contribution in [-0.2, 0) is 19.1 Å². The fraction of sp³-hybridized carbons (Fsp3) is 0.333. The van der Waals surface area contributed by atoms with Crippen LogP contribution in [0.4, 0.5) is 0 Å². The van der Waals surface area contributed by atoms with Gasteiger partial charge < -0.3 is 28.4 Å². The average molecular weight is 673 g/mol. The van der Waals surface area contributed by atoms with Crippen molar-refractivity contribution in [1.82, 2.24) is 0 Å². The molecule has 3 aromatic carbocycles. The van der Waals surface area contributed by atoms with E-state index >= 15 is 0 Å². The molecular formula is C39H44O10. The molecule has 10 heteroatoms. The number of ether oxygens (including phenoxy) is 6. The standard InChI is InChI=1S/C39H44O10/c1-6-35(40)44-24-8-10-28(3)26-46-31-15-11-29(12-16-31)37(42)48-33-19-21-34(22-20-33)49-38(43)30-13-17-32(18-14-30)47-27-39(4,5)23-9-25-45-36(41)7-2/h6-7,11-22,28H,1-2,8-10,23-27H2,3-5H3. The number of carbonyl (C=O) groups is 4. The molecule has 0 aliphatic heterocycles. The summed E-state index contributed by atoms with van der Waals surface area (Å²) in [6.45, 7) is 14.5. The normalized spacial score (nSPS) is 11.4. The molecule has 0 radical (unpaired) electrons. The summed E-state index contributed by atoms with van der Waals surface area (Å²) in [7, 11) is 0. The number of esters is 4. The van der Waals surface area contributed by atoms with Gasteiger partial charge in [-0.1, -0.05) is 33.9 Å². The van der Waals surface area contributed by atoms with E-state index in [0.717, 1.165) is 31.4 Å². The summed E-state index contributed by atoms with van der Waals surface area (Å²) in [5.74, 6) is 0.119. The molecule has 0 aliphatic rings. The molecule has 0 saturated heterocycles. The summed E-state index contributed by atoms with van der Waals surface area (Å²) in [6, 6.07) is 19.5. The number of hydrogen-bond acceptors (Lipinski definition) is 10. The molecule has 3 rings (SSSR count). The maximum Gasteiger partial charge on any atom is 0.343 e. The van der Waals surface area contributed by atoms with Gasteiger partial charge in [-0.2, -0.15) is 0 Å². The van der Waals surface area contributed by atoms with Gasteiger partial charge in [0.15, 0.2) is 0 Å². The summed E-state index contributed by atoms with van der Waals surface area (Å²) in [5, 5.41) is 0. The monoisotopic (exact) mass is 672 g/mol. The van der Waals surface area contributed by atoms with E-state index in [2.05, 4.69) is 27.0 Å². The lowest BCUT2D eigenvalue weighted by molar-refractivity contribution is -0.138. The van der Waals surface area contributed by atoms with Gasteiger partial charge >= 0.3 is 23.9 Å². The van der Waals surface area contributed by atoms with E-state index in [1.807, 2.05) is 6.92 Å². The molecule has 0 amide bonds. The molecule has 0 aliphatic carbocycles. The van der Waals surface area contributed by atoms with Crippen LogP contribution in [0.3, 0.4) is 0 Å². The molecule has 260 valence electrons. The molecule has 3 aromatic rings. The van der Waals surface area contributed by atoms with Gasteiger partial charge in [-0.25, -0.2) is 19.2 Å². The van der Waals surface area contributed by atoms with Crippen molar-refractivity contribution in [3.05, 3.63) is 109 Å². The molecule has 49 heavy (non-hydrogen) atoms. The van der Waals surface area contributed by atoms with Crippen LogP contribution in [0.1, 0.15) is 67.2 Å². The van der Waals surface area contributed by atoms with E-state index in [-0.39, 0.29) is 11.3 Å². The SMILES string of the molecule is C=CC(=O)OCCCC(C)COc1ccc(C(=O)Oc2ccc(OC(=O)c3ccc(OCC(C)(C)CCCOC(=O)C=C)cc3)cc2)cc1. The first kappa shape index (κ1) is 38.1. The van der Waals surface area contributed by atoms with Crippen molar-refractivity contribution in [3.8, 4) is 23.0 Å². The minimum Gasteiger partial charge on any atom is -0.493 e. The fourth-order valence-corrected chi connectivity index (χ4v) is 4.40. The summed E-state index contributed by atoms with van der Waals surface area (Å²) < 4.78 is 32.7. The molecule has 0 spiro atoms. The third kappa shape index (κ3) is 14.1. The van der Waals surface area contributed by atoms with Crippen LogP contribution in [0.5, 0.6) is 23.0 Å². The summed E-state index contributed by atoms with van der Waals surface area (Å²) >= 11 is 0. The molecule has 0 fully saturated rings. The van der Waals surface area contributed by atoms with Crippen LogP contribution in [0.25, 0.3) is 0 Å². The van der Waals surface area contributed by atoms with Gasteiger partial charge in [-0.15, -0.1) is 0 Å². The lowest BCUT2D eigenvalue weighted by atomic mass is 9.89. The first-order valence-electron chi connectivity index (χ1n) is 16.1. The van der Waals surface area contributed by atoms with E-state index in [1.54, 1.807) is 72.8 Å². The maximum atomic E-state index is 12.7. The van der Waals surface area contributed by atoms with Crippen molar-refractivity contribution in [2.45, 2.75) is 46.5 Å². The highest BCUT2D eigenvalue weighted by Crippen LogP contribution is 2.25. The fourth-order valence-electron chi connectivity index (χ4n) is 4.40. The molecule has 0 heterocycles. The van der Waals surface area contributed by atoms with Crippen molar-refractivity contribution < 1.29 is 47.6 Å². The second kappa shape index (κ2) is 19.4. The van der Waals surface area contributed by atoms with Gasteiger partial charge in [0.1, 0.15) is 23.0 Å². The topological polar surface area (TPSA) is 124 Å². The quantitative estimate of drug-likeness (QED) is 0.0514. The van der Waals surface area contributed by atoms with E-state index in [9.17, 15) is 19.2 Å². The molecule has 0 saturated carbocycles. The van der Waals surface area contributed by atoms with Crippen LogP contribution < -0.4 is 18.9 Å². The molecule has 1 atom stereocenters. The van der Waals surface area contributed by atoms with Gasteiger partial charge in [0.2, 0.25) is 0 Å².